The molecule has 2 atom stereocenters. The van der Waals surface area contributed by atoms with Crippen LogP contribution in [0.5, 0.6) is 0 Å². The largest absolute Gasteiger partial charge is 0.370 e. The van der Waals surface area contributed by atoms with Gasteiger partial charge < -0.3 is 10.5 Å². The summed E-state index contributed by atoms with van der Waals surface area (Å²) >= 11 is 0. The van der Waals surface area contributed by atoms with Crippen molar-refractivity contribution in [3.63, 3.8) is 0 Å². The summed E-state index contributed by atoms with van der Waals surface area (Å²) in [5, 5.41) is 0. The van der Waals surface area contributed by atoms with Gasteiger partial charge in [-0.15, -0.1) is 0 Å². The highest BCUT2D eigenvalue weighted by Crippen LogP contribution is 2.33. The summed E-state index contributed by atoms with van der Waals surface area (Å²) in [6.45, 7) is 7.32. The van der Waals surface area contributed by atoms with Crippen LogP contribution in [0.15, 0.2) is 0 Å². The molecule has 0 radical (unpaired) electrons. The highest BCUT2D eigenvalue weighted by molar-refractivity contribution is 4.85. The molecule has 0 aromatic rings. The quantitative estimate of drug-likeness (QED) is 0.689. The fraction of sp³-hybridized carbons (Fsp3) is 1.00. The molecule has 72 valence electrons. The predicted octanol–water partition coefficient (Wildman–Crippen LogP) is 1.93. The van der Waals surface area contributed by atoms with Crippen molar-refractivity contribution in [2.45, 2.75) is 51.7 Å². The minimum absolute atomic E-state index is 0.0717. The van der Waals surface area contributed by atoms with Crippen LogP contribution in [0.2, 0.25) is 0 Å². The molecule has 1 aliphatic rings. The van der Waals surface area contributed by atoms with E-state index in [1.54, 1.807) is 0 Å². The Labute approximate surface area is 75.5 Å². The molecule has 1 aliphatic heterocycles. The highest BCUT2D eigenvalue weighted by Gasteiger charge is 2.34. The van der Waals surface area contributed by atoms with Crippen molar-refractivity contribution in [3.8, 4) is 0 Å². The van der Waals surface area contributed by atoms with Gasteiger partial charge >= 0.3 is 0 Å². The minimum Gasteiger partial charge on any atom is -0.370 e. The van der Waals surface area contributed by atoms with Gasteiger partial charge in [0.25, 0.3) is 0 Å². The lowest BCUT2D eigenvalue weighted by molar-refractivity contribution is -0.137. The third-order valence-electron chi connectivity index (χ3n) is 3.12. The van der Waals surface area contributed by atoms with Crippen LogP contribution in [-0.4, -0.2) is 18.2 Å². The second kappa shape index (κ2) is 3.75. The molecule has 1 saturated heterocycles. The summed E-state index contributed by atoms with van der Waals surface area (Å²) in [6, 6.07) is 0. The second-order valence-corrected chi connectivity index (χ2v) is 4.34. The number of nitrogens with two attached hydrogens (primary N) is 1. The van der Waals surface area contributed by atoms with Crippen LogP contribution in [0.25, 0.3) is 0 Å². The van der Waals surface area contributed by atoms with Gasteiger partial charge in [-0.25, -0.2) is 0 Å². The van der Waals surface area contributed by atoms with Gasteiger partial charge in [0.05, 0.1) is 11.7 Å². The first-order valence-corrected chi connectivity index (χ1v) is 4.96. The highest BCUT2D eigenvalue weighted by atomic mass is 16.5. The normalized spacial score (nSPS) is 37.2. The van der Waals surface area contributed by atoms with Crippen LogP contribution in [0.4, 0.5) is 0 Å². The van der Waals surface area contributed by atoms with Crippen molar-refractivity contribution in [1.29, 1.82) is 0 Å². The Morgan fingerprint density at radius 2 is 2.25 bits per heavy atom. The van der Waals surface area contributed by atoms with Crippen LogP contribution in [0, 0.1) is 5.92 Å². The minimum atomic E-state index is 0.0717. The van der Waals surface area contributed by atoms with Crippen molar-refractivity contribution in [2.75, 3.05) is 6.54 Å². The predicted molar refractivity (Wildman–Crippen MR) is 51.0 cm³/mol. The Hall–Kier alpha value is -0.0800. The zero-order valence-corrected chi connectivity index (χ0v) is 8.47. The fourth-order valence-electron chi connectivity index (χ4n) is 1.77. The van der Waals surface area contributed by atoms with E-state index in [1.807, 2.05) is 0 Å². The monoisotopic (exact) mass is 171 g/mol. The molecule has 1 heterocycles. The lowest BCUT2D eigenvalue weighted by Crippen LogP contribution is -2.44. The van der Waals surface area contributed by atoms with Crippen LogP contribution in [0.1, 0.15) is 40.0 Å². The molecule has 2 nitrogen and oxygen atoms in total. The summed E-state index contributed by atoms with van der Waals surface area (Å²) in [7, 11) is 0. The molecule has 0 bridgehead atoms. The molecule has 1 rings (SSSR count). The summed E-state index contributed by atoms with van der Waals surface area (Å²) in [6.07, 6.45) is 3.88. The zero-order chi connectivity index (χ0) is 9.19. The van der Waals surface area contributed by atoms with Gasteiger partial charge in [0.2, 0.25) is 0 Å². The van der Waals surface area contributed by atoms with Crippen LogP contribution in [-0.2, 0) is 4.74 Å². The molecule has 0 aromatic carbocycles. The smallest absolute Gasteiger partial charge is 0.0704 e. The number of hydrogen-bond donors (Lipinski definition) is 1. The zero-order valence-electron chi connectivity index (χ0n) is 8.47. The molecule has 1 fully saturated rings. The van der Waals surface area contributed by atoms with Crippen molar-refractivity contribution >= 4 is 0 Å². The SMILES string of the molecule is CC(C)C1(C)CCCC(CN)O1. The van der Waals surface area contributed by atoms with E-state index in [2.05, 4.69) is 20.8 Å². The Bertz CT molecular complexity index is 147. The first-order chi connectivity index (χ1) is 5.58. The third-order valence-corrected chi connectivity index (χ3v) is 3.12. The van der Waals surface area contributed by atoms with Gasteiger partial charge in [0.15, 0.2) is 0 Å². The van der Waals surface area contributed by atoms with E-state index < -0.39 is 0 Å². The van der Waals surface area contributed by atoms with E-state index >= 15 is 0 Å². The summed E-state index contributed by atoms with van der Waals surface area (Å²) in [5.41, 5.74) is 5.67. The van der Waals surface area contributed by atoms with E-state index in [-0.39, 0.29) is 5.60 Å². The molecule has 0 amide bonds. The summed E-state index contributed by atoms with van der Waals surface area (Å²) < 4.78 is 5.96. The van der Waals surface area contributed by atoms with Crippen LogP contribution >= 0.6 is 0 Å². The Morgan fingerprint density at radius 1 is 1.58 bits per heavy atom. The standard InChI is InChI=1S/C10H21NO/c1-8(2)10(3)6-4-5-9(7-11)12-10/h8-9H,4-7,11H2,1-3H3. The van der Waals surface area contributed by atoms with Crippen molar-refractivity contribution in [3.05, 3.63) is 0 Å². The molecule has 2 N–H and O–H groups in total. The number of hydrogen-bond acceptors (Lipinski definition) is 2. The molecule has 2 unspecified atom stereocenters. The Kier molecular flexibility index (Phi) is 3.13. The average molecular weight is 171 g/mol. The van der Waals surface area contributed by atoms with Crippen molar-refractivity contribution < 1.29 is 4.74 Å². The first-order valence-electron chi connectivity index (χ1n) is 4.96. The molecule has 12 heavy (non-hydrogen) atoms. The Balaban J connectivity index is 2.54. The van der Waals surface area contributed by atoms with E-state index in [1.165, 1.54) is 12.8 Å². The van der Waals surface area contributed by atoms with Gasteiger partial charge in [0.1, 0.15) is 0 Å². The first kappa shape index (κ1) is 10.0. The topological polar surface area (TPSA) is 35.2 Å². The molecule has 2 heteroatoms. The van der Waals surface area contributed by atoms with E-state index in [4.69, 9.17) is 10.5 Å². The number of rotatable bonds is 2. The summed E-state index contributed by atoms with van der Waals surface area (Å²) in [4.78, 5) is 0. The second-order valence-electron chi connectivity index (χ2n) is 4.34. The lowest BCUT2D eigenvalue weighted by Gasteiger charge is -2.41. The maximum Gasteiger partial charge on any atom is 0.0704 e. The maximum absolute atomic E-state index is 5.96. The molecule has 0 aliphatic carbocycles. The molecule has 0 saturated carbocycles. The van der Waals surface area contributed by atoms with Crippen LogP contribution in [0.3, 0.4) is 0 Å². The molecule has 0 spiro atoms. The van der Waals surface area contributed by atoms with Crippen molar-refractivity contribution in [1.82, 2.24) is 0 Å². The average Bonchev–Trinajstić information content (AvgIpc) is 2.04. The Morgan fingerprint density at radius 3 is 2.75 bits per heavy atom. The van der Waals surface area contributed by atoms with Gasteiger partial charge in [-0.2, -0.15) is 0 Å². The maximum atomic E-state index is 5.96. The van der Waals surface area contributed by atoms with E-state index in [9.17, 15) is 0 Å². The van der Waals surface area contributed by atoms with Gasteiger partial charge in [-0.3, -0.25) is 0 Å². The van der Waals surface area contributed by atoms with E-state index in [0.29, 0.717) is 18.6 Å². The number of ether oxygens (including phenoxy) is 1. The van der Waals surface area contributed by atoms with Crippen molar-refractivity contribution in [2.24, 2.45) is 11.7 Å². The van der Waals surface area contributed by atoms with Gasteiger partial charge in [0, 0.05) is 6.54 Å². The summed E-state index contributed by atoms with van der Waals surface area (Å²) in [5.74, 6) is 0.590. The fourth-order valence-corrected chi connectivity index (χ4v) is 1.77. The molecule has 0 aromatic heterocycles. The van der Waals surface area contributed by atoms with Crippen LogP contribution < -0.4 is 5.73 Å². The van der Waals surface area contributed by atoms with E-state index in [0.717, 1.165) is 6.42 Å². The lowest BCUT2D eigenvalue weighted by atomic mass is 9.84. The van der Waals surface area contributed by atoms with Gasteiger partial charge in [-0.1, -0.05) is 13.8 Å². The molecular formula is C10H21NO. The molecular weight excluding hydrogens is 150 g/mol. The van der Waals surface area contributed by atoms with Gasteiger partial charge in [-0.05, 0) is 32.1 Å². The third kappa shape index (κ3) is 1.99.